The van der Waals surface area contributed by atoms with Crippen LogP contribution in [0.1, 0.15) is 13.8 Å². The van der Waals surface area contributed by atoms with Crippen LogP contribution in [-0.2, 0) is 19.1 Å². The summed E-state index contributed by atoms with van der Waals surface area (Å²) in [5.74, 6) is -3.58. The van der Waals surface area contributed by atoms with Gasteiger partial charge in [0.15, 0.2) is 0 Å². The van der Waals surface area contributed by atoms with Gasteiger partial charge in [0.25, 0.3) is 5.97 Å². The van der Waals surface area contributed by atoms with Gasteiger partial charge in [-0.2, -0.15) is 0 Å². The number of ether oxygens (including phenoxy) is 1. The number of carboxylic acids is 2. The molecule has 70 valence electrons. The average Bonchev–Trinajstić information content (AvgIpc) is 1.86. The minimum atomic E-state index is -1.55. The molecule has 0 aromatic rings. The van der Waals surface area contributed by atoms with E-state index in [1.807, 2.05) is 0 Å². The molecule has 0 aromatic heterocycles. The minimum Gasteiger partial charge on any atom is -0.481 e. The molecule has 2 N–H and O–H groups in total. The van der Waals surface area contributed by atoms with Crippen molar-refractivity contribution in [2.75, 3.05) is 6.61 Å². The van der Waals surface area contributed by atoms with Gasteiger partial charge >= 0.3 is 11.9 Å². The maximum Gasteiger partial charge on any atom is 0.417 e. The van der Waals surface area contributed by atoms with E-state index in [-0.39, 0.29) is 6.61 Å². The number of carboxylic acid groups (broad SMARTS) is 2. The fourth-order valence-corrected chi connectivity index (χ4v) is 0.193. The zero-order chi connectivity index (χ0) is 10.1. The van der Waals surface area contributed by atoms with E-state index in [4.69, 9.17) is 15.0 Å². The number of rotatable bonds is 1. The van der Waals surface area contributed by atoms with Crippen molar-refractivity contribution >= 4 is 17.9 Å². The lowest BCUT2D eigenvalue weighted by Crippen LogP contribution is -2.15. The highest BCUT2D eigenvalue weighted by molar-refractivity contribution is 6.28. The Labute approximate surface area is 68.8 Å². The first-order chi connectivity index (χ1) is 5.41. The van der Waals surface area contributed by atoms with E-state index in [1.54, 1.807) is 6.92 Å². The van der Waals surface area contributed by atoms with Crippen molar-refractivity contribution in [1.29, 1.82) is 0 Å². The predicted octanol–water partition coefficient (Wildman–Crippen LogP) is -0.275. The summed E-state index contributed by atoms with van der Waals surface area (Å²) in [6.45, 7) is 2.73. The summed E-state index contributed by atoms with van der Waals surface area (Å²) in [4.78, 5) is 28.5. The second kappa shape index (κ2) is 7.52. The highest BCUT2D eigenvalue weighted by Gasteiger charge is 2.09. The fraction of sp³-hybridized carbons (Fsp3) is 0.500. The van der Waals surface area contributed by atoms with Crippen LogP contribution < -0.4 is 0 Å². The topological polar surface area (TPSA) is 101 Å². The lowest BCUT2D eigenvalue weighted by atomic mass is 10.7. The van der Waals surface area contributed by atoms with Crippen molar-refractivity contribution in [3.8, 4) is 0 Å². The van der Waals surface area contributed by atoms with Crippen molar-refractivity contribution in [2.45, 2.75) is 13.8 Å². The Bertz CT molecular complexity index is 169. The maximum absolute atomic E-state index is 9.92. The number of esters is 1. The van der Waals surface area contributed by atoms with E-state index in [2.05, 4.69) is 4.74 Å². The first-order valence-corrected chi connectivity index (χ1v) is 3.01. The third-order valence-corrected chi connectivity index (χ3v) is 0.450. The molecule has 0 bridgehead atoms. The zero-order valence-electron chi connectivity index (χ0n) is 6.73. The second-order valence-corrected chi connectivity index (χ2v) is 1.54. The molecule has 0 aliphatic carbocycles. The summed E-state index contributed by atoms with van der Waals surface area (Å²) in [5, 5.41) is 15.3. The summed E-state index contributed by atoms with van der Waals surface area (Å²) in [6.07, 6.45) is 0. The van der Waals surface area contributed by atoms with E-state index in [0.29, 0.717) is 0 Å². The van der Waals surface area contributed by atoms with Gasteiger partial charge in [0.2, 0.25) is 0 Å². The number of carbonyl (C=O) groups is 3. The van der Waals surface area contributed by atoms with Crippen LogP contribution in [0, 0.1) is 0 Å². The summed E-state index contributed by atoms with van der Waals surface area (Å²) in [7, 11) is 0. The van der Waals surface area contributed by atoms with Gasteiger partial charge in [-0.1, -0.05) is 0 Å². The molecule has 6 nitrogen and oxygen atoms in total. The third kappa shape index (κ3) is 15.8. The van der Waals surface area contributed by atoms with E-state index < -0.39 is 17.9 Å². The first-order valence-electron chi connectivity index (χ1n) is 3.01. The Hall–Kier alpha value is -1.59. The van der Waals surface area contributed by atoms with Crippen LogP contribution >= 0.6 is 0 Å². The summed E-state index contributed by atoms with van der Waals surface area (Å²) in [6, 6.07) is 0. The molecule has 0 saturated carbocycles. The van der Waals surface area contributed by atoms with E-state index >= 15 is 0 Å². The van der Waals surface area contributed by atoms with Crippen LogP contribution in [0.4, 0.5) is 0 Å². The van der Waals surface area contributed by atoms with Gasteiger partial charge in [-0.25, -0.2) is 9.59 Å². The van der Waals surface area contributed by atoms with Crippen LogP contribution in [0.2, 0.25) is 0 Å². The molecule has 0 atom stereocenters. The summed E-state index contributed by atoms with van der Waals surface area (Å²) >= 11 is 0. The normalized spacial score (nSPS) is 7.50. The molecule has 0 unspecified atom stereocenters. The lowest BCUT2D eigenvalue weighted by molar-refractivity contribution is -0.163. The van der Waals surface area contributed by atoms with E-state index in [0.717, 1.165) is 6.92 Å². The van der Waals surface area contributed by atoms with E-state index in [1.165, 1.54) is 0 Å². The van der Waals surface area contributed by atoms with Gasteiger partial charge in [0.1, 0.15) is 0 Å². The fourth-order valence-electron chi connectivity index (χ4n) is 0.193. The van der Waals surface area contributed by atoms with Crippen molar-refractivity contribution in [2.24, 2.45) is 0 Å². The molecule has 0 aliphatic heterocycles. The van der Waals surface area contributed by atoms with Crippen LogP contribution in [0.5, 0.6) is 0 Å². The Kier molecular flexibility index (Phi) is 8.16. The molecular weight excluding hydrogens is 168 g/mol. The number of aliphatic carboxylic acids is 2. The molecule has 0 radical (unpaired) electrons. The second-order valence-electron chi connectivity index (χ2n) is 1.54. The van der Waals surface area contributed by atoms with Gasteiger partial charge < -0.3 is 14.9 Å². The van der Waals surface area contributed by atoms with Crippen LogP contribution in [-0.4, -0.2) is 34.7 Å². The number of hydrogen-bond acceptors (Lipinski definition) is 4. The monoisotopic (exact) mass is 178 g/mol. The third-order valence-electron chi connectivity index (χ3n) is 0.450. The largest absolute Gasteiger partial charge is 0.481 e. The molecule has 12 heavy (non-hydrogen) atoms. The van der Waals surface area contributed by atoms with Crippen LogP contribution in [0.25, 0.3) is 0 Å². The van der Waals surface area contributed by atoms with Crippen molar-refractivity contribution in [3.63, 3.8) is 0 Å². The Balaban J connectivity index is 0. The molecule has 0 fully saturated rings. The predicted molar refractivity (Wildman–Crippen MR) is 37.6 cm³/mol. The molecule has 0 amide bonds. The van der Waals surface area contributed by atoms with Crippen molar-refractivity contribution in [1.82, 2.24) is 0 Å². The molecular formula is C6H10O6. The van der Waals surface area contributed by atoms with Crippen molar-refractivity contribution in [3.05, 3.63) is 0 Å². The Morgan fingerprint density at radius 1 is 1.25 bits per heavy atom. The summed E-state index contributed by atoms with van der Waals surface area (Å²) in [5.41, 5.74) is 0. The quantitative estimate of drug-likeness (QED) is 0.423. The SMILES string of the molecule is CC(=O)O.CCOC(=O)C(=O)O. The van der Waals surface area contributed by atoms with Crippen LogP contribution in [0.3, 0.4) is 0 Å². The molecule has 0 aliphatic rings. The minimum absolute atomic E-state index is 0.102. The van der Waals surface area contributed by atoms with Gasteiger partial charge in [0, 0.05) is 6.92 Å². The number of hydrogen-bond donors (Lipinski definition) is 2. The molecule has 0 aromatic carbocycles. The molecule has 0 spiro atoms. The van der Waals surface area contributed by atoms with Crippen LogP contribution in [0.15, 0.2) is 0 Å². The Morgan fingerprint density at radius 3 is 1.67 bits per heavy atom. The molecule has 0 heterocycles. The molecule has 6 heteroatoms. The van der Waals surface area contributed by atoms with Gasteiger partial charge in [-0.3, -0.25) is 4.79 Å². The molecule has 0 rings (SSSR count). The highest BCUT2D eigenvalue weighted by atomic mass is 16.6. The maximum atomic E-state index is 9.92. The lowest BCUT2D eigenvalue weighted by Gasteiger charge is -1.91. The Morgan fingerprint density at radius 2 is 1.58 bits per heavy atom. The van der Waals surface area contributed by atoms with Gasteiger partial charge in [-0.05, 0) is 6.92 Å². The molecule has 0 saturated heterocycles. The summed E-state index contributed by atoms with van der Waals surface area (Å²) < 4.78 is 4.06. The first kappa shape index (κ1) is 13.0. The number of carbonyl (C=O) groups excluding carboxylic acids is 1. The van der Waals surface area contributed by atoms with E-state index in [9.17, 15) is 9.59 Å². The zero-order valence-corrected chi connectivity index (χ0v) is 6.73. The average molecular weight is 178 g/mol. The smallest absolute Gasteiger partial charge is 0.417 e. The van der Waals surface area contributed by atoms with Gasteiger partial charge in [-0.15, -0.1) is 0 Å². The van der Waals surface area contributed by atoms with Gasteiger partial charge in [0.05, 0.1) is 6.61 Å². The standard InChI is InChI=1S/C4H6O4.C2H4O2/c1-2-8-4(7)3(5)6;1-2(3)4/h2H2,1H3,(H,5,6);1H3,(H,3,4). The van der Waals surface area contributed by atoms with Crippen molar-refractivity contribution < 1.29 is 29.3 Å². The highest BCUT2D eigenvalue weighted by Crippen LogP contribution is 1.74.